The molecule has 0 unspecified atom stereocenters. The number of hydrogen-bond acceptors (Lipinski definition) is 6. The van der Waals surface area contributed by atoms with Crippen LogP contribution in [0.1, 0.15) is 36.0 Å². The number of amides is 1. The first-order valence-corrected chi connectivity index (χ1v) is 12.8. The summed E-state index contributed by atoms with van der Waals surface area (Å²) in [6.45, 7) is 1.29. The molecule has 11 heteroatoms. The zero-order valence-corrected chi connectivity index (χ0v) is 17.8. The lowest BCUT2D eigenvalue weighted by atomic mass is 10.2. The minimum Gasteiger partial charge on any atom is -0.379 e. The van der Waals surface area contributed by atoms with E-state index in [4.69, 9.17) is 4.74 Å². The van der Waals surface area contributed by atoms with Gasteiger partial charge in [0.15, 0.2) is 0 Å². The summed E-state index contributed by atoms with van der Waals surface area (Å²) in [5.41, 5.74) is 0.170. The van der Waals surface area contributed by atoms with Gasteiger partial charge in [-0.05, 0) is 31.0 Å². The number of nitrogens with one attached hydrogen (secondary N) is 2. The van der Waals surface area contributed by atoms with Gasteiger partial charge in [0.25, 0.3) is 5.91 Å². The highest BCUT2D eigenvalue weighted by molar-refractivity contribution is 7.89. The second kappa shape index (κ2) is 9.52. The van der Waals surface area contributed by atoms with Gasteiger partial charge in [0.05, 0.1) is 23.9 Å². The van der Waals surface area contributed by atoms with Gasteiger partial charge in [-0.25, -0.2) is 21.6 Å². The molecule has 0 radical (unpaired) electrons. The van der Waals surface area contributed by atoms with Gasteiger partial charge in [-0.2, -0.15) is 4.31 Å². The molecule has 1 heterocycles. The average Bonchev–Trinajstić information content (AvgIpc) is 3.21. The maximum atomic E-state index is 12.5. The van der Waals surface area contributed by atoms with Crippen LogP contribution in [0.15, 0.2) is 29.2 Å². The fourth-order valence-corrected chi connectivity index (χ4v) is 6.16. The molecule has 3 rings (SSSR count). The van der Waals surface area contributed by atoms with Crippen molar-refractivity contribution in [2.75, 3.05) is 38.6 Å². The summed E-state index contributed by atoms with van der Waals surface area (Å²) in [5, 5.41) is 2.55. The second-order valence-electron chi connectivity index (χ2n) is 7.21. The lowest BCUT2D eigenvalue weighted by Gasteiger charge is -2.26. The van der Waals surface area contributed by atoms with Crippen LogP contribution in [0.3, 0.4) is 0 Å². The lowest BCUT2D eigenvalue weighted by Crippen LogP contribution is -2.43. The molecule has 1 amide bonds. The van der Waals surface area contributed by atoms with Gasteiger partial charge < -0.3 is 10.1 Å². The van der Waals surface area contributed by atoms with Crippen LogP contribution in [0.2, 0.25) is 0 Å². The zero-order valence-electron chi connectivity index (χ0n) is 16.2. The molecule has 0 aromatic heterocycles. The van der Waals surface area contributed by atoms with Crippen LogP contribution in [-0.4, -0.2) is 71.7 Å². The summed E-state index contributed by atoms with van der Waals surface area (Å²) in [6, 6.07) is 5.69. The molecule has 1 saturated heterocycles. The fraction of sp³-hybridized carbons (Fsp3) is 0.611. The molecule has 162 valence electrons. The van der Waals surface area contributed by atoms with Crippen molar-refractivity contribution in [3.63, 3.8) is 0 Å². The Morgan fingerprint density at radius 2 is 1.79 bits per heavy atom. The molecule has 9 nitrogen and oxygen atoms in total. The molecular formula is C18H27N3O6S2. The number of ether oxygens (including phenoxy) is 1. The van der Waals surface area contributed by atoms with E-state index in [-0.39, 0.29) is 28.8 Å². The SMILES string of the molecule is O=C(NCCS(=O)(=O)N1CCOCC1)c1cccc(S(=O)(=O)NC2CCCC2)c1. The van der Waals surface area contributed by atoms with Gasteiger partial charge in [-0.3, -0.25) is 4.79 Å². The van der Waals surface area contributed by atoms with Crippen LogP contribution in [0.5, 0.6) is 0 Å². The van der Waals surface area contributed by atoms with Gasteiger partial charge in [0.2, 0.25) is 20.0 Å². The minimum atomic E-state index is -3.70. The van der Waals surface area contributed by atoms with E-state index in [2.05, 4.69) is 10.0 Å². The van der Waals surface area contributed by atoms with Crippen molar-refractivity contribution in [3.8, 4) is 0 Å². The normalized spacial score (nSPS) is 19.3. The summed E-state index contributed by atoms with van der Waals surface area (Å²) in [5.74, 6) is -0.736. The summed E-state index contributed by atoms with van der Waals surface area (Å²) >= 11 is 0. The standard InChI is InChI=1S/C18H27N3O6S2/c22-18(19-8-13-28(23,24)21-9-11-27-12-10-21)15-4-3-7-17(14-15)29(25,26)20-16-5-1-2-6-16/h3-4,7,14,16,20H,1-2,5-6,8-13H2,(H,19,22). The number of benzene rings is 1. The Bertz CT molecular complexity index is 921. The van der Waals surface area contributed by atoms with E-state index in [1.54, 1.807) is 0 Å². The van der Waals surface area contributed by atoms with E-state index < -0.39 is 26.0 Å². The molecule has 2 fully saturated rings. The Balaban J connectivity index is 1.57. The number of hydrogen-bond donors (Lipinski definition) is 2. The predicted molar refractivity (Wildman–Crippen MR) is 108 cm³/mol. The topological polar surface area (TPSA) is 122 Å². The highest BCUT2D eigenvalue weighted by Crippen LogP contribution is 2.20. The smallest absolute Gasteiger partial charge is 0.251 e. The zero-order chi connectivity index (χ0) is 20.9. The third-order valence-corrected chi connectivity index (χ3v) is 8.48. The van der Waals surface area contributed by atoms with Crippen molar-refractivity contribution >= 4 is 26.0 Å². The molecule has 0 bridgehead atoms. The van der Waals surface area contributed by atoms with E-state index in [0.717, 1.165) is 25.7 Å². The molecule has 1 aliphatic carbocycles. The van der Waals surface area contributed by atoms with E-state index in [9.17, 15) is 21.6 Å². The quantitative estimate of drug-likeness (QED) is 0.594. The number of carbonyl (C=O) groups is 1. The average molecular weight is 446 g/mol. The molecule has 2 N–H and O–H groups in total. The molecule has 1 aromatic carbocycles. The molecule has 1 aromatic rings. The van der Waals surface area contributed by atoms with Crippen molar-refractivity contribution in [1.29, 1.82) is 0 Å². The Labute approximate surface area is 171 Å². The number of morpholine rings is 1. The fourth-order valence-electron chi connectivity index (χ4n) is 3.49. The van der Waals surface area contributed by atoms with Crippen LogP contribution in [0.4, 0.5) is 0 Å². The van der Waals surface area contributed by atoms with Crippen LogP contribution in [0, 0.1) is 0 Å². The van der Waals surface area contributed by atoms with Crippen molar-refractivity contribution in [3.05, 3.63) is 29.8 Å². The third kappa shape index (κ3) is 5.98. The number of carbonyl (C=O) groups excluding carboxylic acids is 1. The number of rotatable bonds is 8. The first-order chi connectivity index (χ1) is 13.8. The Morgan fingerprint density at radius 3 is 2.48 bits per heavy atom. The predicted octanol–water partition coefficient (Wildman–Crippen LogP) is 0.299. The highest BCUT2D eigenvalue weighted by atomic mass is 32.2. The van der Waals surface area contributed by atoms with Gasteiger partial charge >= 0.3 is 0 Å². The second-order valence-corrected chi connectivity index (χ2v) is 11.0. The van der Waals surface area contributed by atoms with Crippen molar-refractivity contribution in [2.24, 2.45) is 0 Å². The Morgan fingerprint density at radius 1 is 1.10 bits per heavy atom. The minimum absolute atomic E-state index is 0.0259. The molecule has 1 saturated carbocycles. The Kier molecular flexibility index (Phi) is 7.28. The third-order valence-electron chi connectivity index (χ3n) is 5.09. The summed E-state index contributed by atoms with van der Waals surface area (Å²) in [6.07, 6.45) is 3.64. The molecule has 2 aliphatic rings. The van der Waals surface area contributed by atoms with E-state index in [0.29, 0.717) is 26.3 Å². The summed E-state index contributed by atoms with van der Waals surface area (Å²) in [7, 11) is -7.18. The van der Waals surface area contributed by atoms with Crippen LogP contribution in [-0.2, 0) is 24.8 Å². The van der Waals surface area contributed by atoms with E-state index in [1.165, 1.54) is 28.6 Å². The molecule has 0 atom stereocenters. The van der Waals surface area contributed by atoms with Gasteiger partial charge in [-0.15, -0.1) is 0 Å². The lowest BCUT2D eigenvalue weighted by molar-refractivity contribution is 0.0730. The van der Waals surface area contributed by atoms with Crippen molar-refractivity contribution in [2.45, 2.75) is 36.6 Å². The van der Waals surface area contributed by atoms with Crippen LogP contribution in [0.25, 0.3) is 0 Å². The number of nitrogens with zero attached hydrogens (tertiary/aromatic N) is 1. The molecule has 1 aliphatic heterocycles. The molecule has 29 heavy (non-hydrogen) atoms. The van der Waals surface area contributed by atoms with Crippen molar-refractivity contribution < 1.29 is 26.4 Å². The van der Waals surface area contributed by atoms with Gasteiger partial charge in [0, 0.05) is 31.2 Å². The van der Waals surface area contributed by atoms with E-state index >= 15 is 0 Å². The molecule has 0 spiro atoms. The monoisotopic (exact) mass is 445 g/mol. The van der Waals surface area contributed by atoms with Crippen molar-refractivity contribution in [1.82, 2.24) is 14.3 Å². The maximum Gasteiger partial charge on any atom is 0.251 e. The summed E-state index contributed by atoms with van der Waals surface area (Å²) in [4.78, 5) is 12.4. The molecular weight excluding hydrogens is 418 g/mol. The largest absolute Gasteiger partial charge is 0.379 e. The number of sulfonamides is 2. The maximum absolute atomic E-state index is 12.5. The van der Waals surface area contributed by atoms with Crippen LogP contribution >= 0.6 is 0 Å². The Hall–Kier alpha value is -1.53. The first-order valence-electron chi connectivity index (χ1n) is 9.74. The van der Waals surface area contributed by atoms with Gasteiger partial charge in [0.1, 0.15) is 0 Å². The van der Waals surface area contributed by atoms with Gasteiger partial charge in [-0.1, -0.05) is 18.9 Å². The highest BCUT2D eigenvalue weighted by Gasteiger charge is 2.25. The summed E-state index contributed by atoms with van der Waals surface area (Å²) < 4.78 is 58.8. The first kappa shape index (κ1) is 22.2. The van der Waals surface area contributed by atoms with E-state index in [1.807, 2.05) is 0 Å². The van der Waals surface area contributed by atoms with Crippen LogP contribution < -0.4 is 10.0 Å².